The van der Waals surface area contributed by atoms with E-state index in [0.717, 1.165) is 12.8 Å². The lowest BCUT2D eigenvalue weighted by Gasteiger charge is -2.25. The molecule has 0 unspecified atom stereocenters. The van der Waals surface area contributed by atoms with Gasteiger partial charge in [-0.05, 0) is 49.9 Å². The number of amides is 2. The molecule has 0 spiro atoms. The molecule has 1 fully saturated rings. The third-order valence-electron chi connectivity index (χ3n) is 5.63. The predicted octanol–water partition coefficient (Wildman–Crippen LogP) is 2.38. The van der Waals surface area contributed by atoms with E-state index >= 15 is 0 Å². The van der Waals surface area contributed by atoms with Gasteiger partial charge in [0.25, 0.3) is 5.91 Å². The molecule has 0 saturated heterocycles. The highest BCUT2D eigenvalue weighted by molar-refractivity contribution is 7.89. The number of rotatable bonds is 6. The smallest absolute Gasteiger partial charge is 0.253 e. The van der Waals surface area contributed by atoms with Crippen LogP contribution in [-0.2, 0) is 14.8 Å². The summed E-state index contributed by atoms with van der Waals surface area (Å²) in [7, 11) is -2.10. The molecule has 0 aromatic heterocycles. The number of carbonyl (C=O) groups excluding carboxylic acids is 2. The lowest BCUT2D eigenvalue weighted by atomic mass is 10.0. The molecular weight excluding hydrogens is 402 g/mol. The van der Waals surface area contributed by atoms with Crippen molar-refractivity contribution in [2.45, 2.75) is 37.1 Å². The molecule has 1 saturated carbocycles. The normalized spacial score (nSPS) is 18.8. The molecule has 2 amide bonds. The van der Waals surface area contributed by atoms with Crippen molar-refractivity contribution >= 4 is 21.8 Å². The maximum atomic E-state index is 12.9. The number of nitrogens with two attached hydrogens (primary N) is 1. The van der Waals surface area contributed by atoms with Gasteiger partial charge in [-0.1, -0.05) is 30.3 Å². The van der Waals surface area contributed by atoms with Gasteiger partial charge < -0.3 is 10.2 Å². The summed E-state index contributed by atoms with van der Waals surface area (Å²) in [4.78, 5) is 26.7. The summed E-state index contributed by atoms with van der Waals surface area (Å²) in [5, 5.41) is 8.17. The van der Waals surface area contributed by atoms with E-state index in [4.69, 9.17) is 5.14 Å². The van der Waals surface area contributed by atoms with E-state index in [9.17, 15) is 18.0 Å². The zero-order valence-electron chi connectivity index (χ0n) is 17.2. The number of hydrogen-bond acceptors (Lipinski definition) is 4. The van der Waals surface area contributed by atoms with E-state index in [-0.39, 0.29) is 28.7 Å². The van der Waals surface area contributed by atoms with Crippen molar-refractivity contribution < 1.29 is 18.0 Å². The Morgan fingerprint density at radius 2 is 1.77 bits per heavy atom. The number of nitrogens with zero attached hydrogens (tertiary/aromatic N) is 1. The second kappa shape index (κ2) is 8.97. The monoisotopic (exact) mass is 429 g/mol. The van der Waals surface area contributed by atoms with Crippen molar-refractivity contribution in [3.8, 4) is 11.1 Å². The van der Waals surface area contributed by atoms with Crippen LogP contribution < -0.4 is 10.5 Å². The Kier molecular flexibility index (Phi) is 6.58. The summed E-state index contributed by atoms with van der Waals surface area (Å²) in [5.74, 6) is -0.121. The van der Waals surface area contributed by atoms with Crippen molar-refractivity contribution in [3.63, 3.8) is 0 Å². The van der Waals surface area contributed by atoms with Gasteiger partial charge in [-0.15, -0.1) is 0 Å². The number of nitrogens with one attached hydrogen (secondary N) is 1. The molecule has 1 aliphatic carbocycles. The predicted molar refractivity (Wildman–Crippen MR) is 115 cm³/mol. The summed E-state index contributed by atoms with van der Waals surface area (Å²) in [6, 6.07) is 13.3. The maximum absolute atomic E-state index is 12.9. The molecule has 8 heteroatoms. The highest BCUT2D eigenvalue weighted by Crippen LogP contribution is 2.30. The first-order valence-corrected chi connectivity index (χ1v) is 11.5. The Morgan fingerprint density at radius 1 is 1.10 bits per heavy atom. The van der Waals surface area contributed by atoms with Gasteiger partial charge in [0.05, 0.1) is 4.90 Å². The fourth-order valence-electron chi connectivity index (χ4n) is 3.98. The first-order chi connectivity index (χ1) is 14.2. The van der Waals surface area contributed by atoms with E-state index in [1.54, 1.807) is 54.4 Å². The SMILES string of the molecule is CCNC(=O)[C@H]1CC[C@@H](N(C)C(=O)c2ccc(-c3ccccc3S(N)(=O)=O)cc2)C1. The Balaban J connectivity index is 1.74. The van der Waals surface area contributed by atoms with Crippen LogP contribution in [0.5, 0.6) is 0 Å². The average Bonchev–Trinajstić information content (AvgIpc) is 3.23. The zero-order valence-corrected chi connectivity index (χ0v) is 18.0. The Bertz CT molecular complexity index is 1030. The molecule has 2 aromatic rings. The topological polar surface area (TPSA) is 110 Å². The lowest BCUT2D eigenvalue weighted by Crippen LogP contribution is -2.36. The number of carbonyl (C=O) groups is 2. The van der Waals surface area contributed by atoms with E-state index in [1.165, 1.54) is 6.07 Å². The Hall–Kier alpha value is -2.71. The number of benzene rings is 2. The van der Waals surface area contributed by atoms with Crippen LogP contribution in [0.3, 0.4) is 0 Å². The van der Waals surface area contributed by atoms with Crippen molar-refractivity contribution in [2.75, 3.05) is 13.6 Å². The zero-order chi connectivity index (χ0) is 21.9. The van der Waals surface area contributed by atoms with Crippen LogP contribution in [0.2, 0.25) is 0 Å². The molecular formula is C22H27N3O4S. The van der Waals surface area contributed by atoms with Crippen molar-refractivity contribution in [3.05, 3.63) is 54.1 Å². The Morgan fingerprint density at radius 3 is 2.40 bits per heavy atom. The standard InChI is InChI=1S/C22H27N3O4S/c1-3-24-21(26)17-12-13-18(14-17)25(2)22(27)16-10-8-15(9-11-16)19-6-4-5-7-20(19)30(23,28)29/h4-11,17-18H,3,12-14H2,1-2H3,(H,24,26)(H2,23,28,29)/t17-,18+/m0/s1. The average molecular weight is 430 g/mol. The fraction of sp³-hybridized carbons (Fsp3) is 0.364. The largest absolute Gasteiger partial charge is 0.356 e. The molecule has 3 rings (SSSR count). The van der Waals surface area contributed by atoms with Crippen LogP contribution in [-0.4, -0.2) is 44.8 Å². The number of sulfonamides is 1. The van der Waals surface area contributed by atoms with Crippen LogP contribution in [0, 0.1) is 5.92 Å². The highest BCUT2D eigenvalue weighted by Gasteiger charge is 2.33. The van der Waals surface area contributed by atoms with Crippen LogP contribution in [0.25, 0.3) is 11.1 Å². The molecule has 30 heavy (non-hydrogen) atoms. The van der Waals surface area contributed by atoms with Gasteiger partial charge in [-0.3, -0.25) is 9.59 Å². The van der Waals surface area contributed by atoms with Crippen LogP contribution in [0.4, 0.5) is 0 Å². The minimum Gasteiger partial charge on any atom is -0.356 e. The van der Waals surface area contributed by atoms with Crippen molar-refractivity contribution in [1.82, 2.24) is 10.2 Å². The minimum absolute atomic E-state index is 0.0212. The molecule has 1 aliphatic rings. The molecule has 3 N–H and O–H groups in total. The van der Waals surface area contributed by atoms with E-state index in [2.05, 4.69) is 5.32 Å². The second-order valence-electron chi connectivity index (χ2n) is 7.59. The lowest BCUT2D eigenvalue weighted by molar-refractivity contribution is -0.124. The molecule has 0 bridgehead atoms. The summed E-state index contributed by atoms with van der Waals surface area (Å²) >= 11 is 0. The van der Waals surface area contributed by atoms with Crippen molar-refractivity contribution in [2.24, 2.45) is 11.1 Å². The minimum atomic E-state index is -3.86. The van der Waals surface area contributed by atoms with Crippen LogP contribution >= 0.6 is 0 Å². The molecule has 0 aliphatic heterocycles. The summed E-state index contributed by atoms with van der Waals surface area (Å²) in [6.07, 6.45) is 2.23. The summed E-state index contributed by atoms with van der Waals surface area (Å²) in [5.41, 5.74) is 1.67. The molecule has 160 valence electrons. The van der Waals surface area contributed by atoms with Gasteiger partial charge in [-0.2, -0.15) is 0 Å². The first kappa shape index (κ1) is 22.0. The van der Waals surface area contributed by atoms with Crippen LogP contribution in [0.15, 0.2) is 53.4 Å². The van der Waals surface area contributed by atoms with Crippen molar-refractivity contribution in [1.29, 1.82) is 0 Å². The third-order valence-corrected chi connectivity index (χ3v) is 6.60. The van der Waals surface area contributed by atoms with E-state index < -0.39 is 10.0 Å². The van der Waals surface area contributed by atoms with Gasteiger partial charge in [0.1, 0.15) is 0 Å². The summed E-state index contributed by atoms with van der Waals surface area (Å²) in [6.45, 7) is 2.50. The molecule has 2 aromatic carbocycles. The van der Waals surface area contributed by atoms with Gasteiger partial charge in [0.15, 0.2) is 0 Å². The third kappa shape index (κ3) is 4.71. The number of hydrogen-bond donors (Lipinski definition) is 2. The maximum Gasteiger partial charge on any atom is 0.253 e. The quantitative estimate of drug-likeness (QED) is 0.735. The van der Waals surface area contributed by atoms with E-state index in [1.807, 2.05) is 6.92 Å². The highest BCUT2D eigenvalue weighted by atomic mass is 32.2. The molecule has 7 nitrogen and oxygen atoms in total. The molecule has 2 atom stereocenters. The number of primary sulfonamides is 1. The first-order valence-electron chi connectivity index (χ1n) is 9.99. The van der Waals surface area contributed by atoms with Gasteiger partial charge >= 0.3 is 0 Å². The van der Waals surface area contributed by atoms with Gasteiger partial charge in [0.2, 0.25) is 15.9 Å². The van der Waals surface area contributed by atoms with Crippen LogP contribution in [0.1, 0.15) is 36.5 Å². The fourth-order valence-corrected chi connectivity index (χ4v) is 4.74. The molecule has 0 heterocycles. The Labute approximate surface area is 177 Å². The van der Waals surface area contributed by atoms with E-state index in [0.29, 0.717) is 29.7 Å². The van der Waals surface area contributed by atoms with Gasteiger partial charge in [0, 0.05) is 36.7 Å². The summed E-state index contributed by atoms with van der Waals surface area (Å²) < 4.78 is 23.7. The second-order valence-corrected chi connectivity index (χ2v) is 9.12. The molecule has 0 radical (unpaired) electrons. The van der Waals surface area contributed by atoms with Gasteiger partial charge in [-0.25, -0.2) is 13.6 Å².